The van der Waals surface area contributed by atoms with Crippen molar-refractivity contribution in [3.63, 3.8) is 0 Å². The Bertz CT molecular complexity index is 531. The SMILES string of the molecule is CCc1nc(-c2ccc(N)c(OC)c2)[nH]c1C. The van der Waals surface area contributed by atoms with Crippen LogP contribution in [0.3, 0.4) is 0 Å². The van der Waals surface area contributed by atoms with Gasteiger partial charge < -0.3 is 15.5 Å². The molecule has 2 aromatic rings. The first kappa shape index (κ1) is 11.5. The summed E-state index contributed by atoms with van der Waals surface area (Å²) in [5.74, 6) is 1.53. The van der Waals surface area contributed by atoms with E-state index in [0.717, 1.165) is 29.2 Å². The van der Waals surface area contributed by atoms with Crippen LogP contribution in [-0.2, 0) is 6.42 Å². The Morgan fingerprint density at radius 1 is 1.41 bits per heavy atom. The van der Waals surface area contributed by atoms with Gasteiger partial charge in [0.05, 0.1) is 18.5 Å². The summed E-state index contributed by atoms with van der Waals surface area (Å²) in [4.78, 5) is 7.83. The van der Waals surface area contributed by atoms with E-state index in [2.05, 4.69) is 16.9 Å². The summed E-state index contributed by atoms with van der Waals surface area (Å²) in [5, 5.41) is 0. The largest absolute Gasteiger partial charge is 0.495 e. The van der Waals surface area contributed by atoms with Crippen molar-refractivity contribution in [2.75, 3.05) is 12.8 Å². The molecule has 0 saturated carbocycles. The maximum atomic E-state index is 5.78. The summed E-state index contributed by atoms with van der Waals surface area (Å²) in [6, 6.07) is 5.67. The number of nitrogens with zero attached hydrogens (tertiary/aromatic N) is 1. The lowest BCUT2D eigenvalue weighted by Gasteiger charge is -2.05. The third-order valence-electron chi connectivity index (χ3n) is 2.83. The summed E-state index contributed by atoms with van der Waals surface area (Å²) in [7, 11) is 1.61. The molecular formula is C13H17N3O. The number of nitrogen functional groups attached to an aromatic ring is 1. The van der Waals surface area contributed by atoms with Crippen LogP contribution < -0.4 is 10.5 Å². The molecule has 0 unspecified atom stereocenters. The van der Waals surface area contributed by atoms with Crippen LogP contribution >= 0.6 is 0 Å². The van der Waals surface area contributed by atoms with Crippen LogP contribution in [0.25, 0.3) is 11.4 Å². The van der Waals surface area contributed by atoms with Gasteiger partial charge in [0.1, 0.15) is 11.6 Å². The summed E-state index contributed by atoms with van der Waals surface area (Å²) < 4.78 is 5.20. The molecule has 2 rings (SSSR count). The number of anilines is 1. The van der Waals surface area contributed by atoms with Gasteiger partial charge in [0, 0.05) is 11.3 Å². The van der Waals surface area contributed by atoms with E-state index in [1.807, 2.05) is 25.1 Å². The third kappa shape index (κ3) is 2.11. The molecular weight excluding hydrogens is 214 g/mol. The number of rotatable bonds is 3. The number of aromatic amines is 1. The van der Waals surface area contributed by atoms with Crippen LogP contribution in [0.2, 0.25) is 0 Å². The molecule has 0 atom stereocenters. The van der Waals surface area contributed by atoms with Crippen molar-refractivity contribution in [3.05, 3.63) is 29.6 Å². The molecule has 0 aliphatic carbocycles. The molecule has 90 valence electrons. The van der Waals surface area contributed by atoms with Crippen molar-refractivity contribution >= 4 is 5.69 Å². The van der Waals surface area contributed by atoms with Crippen LogP contribution in [0.4, 0.5) is 5.69 Å². The smallest absolute Gasteiger partial charge is 0.142 e. The second kappa shape index (κ2) is 4.49. The predicted octanol–water partition coefficient (Wildman–Crippen LogP) is 2.54. The fraction of sp³-hybridized carbons (Fsp3) is 0.308. The molecule has 0 spiro atoms. The zero-order chi connectivity index (χ0) is 12.4. The zero-order valence-corrected chi connectivity index (χ0v) is 10.4. The molecule has 1 aromatic carbocycles. The number of hydrogen-bond donors (Lipinski definition) is 2. The average molecular weight is 231 g/mol. The van der Waals surface area contributed by atoms with E-state index in [0.29, 0.717) is 11.4 Å². The number of nitrogens with one attached hydrogen (secondary N) is 1. The average Bonchev–Trinajstić information content (AvgIpc) is 2.71. The number of H-pyrrole nitrogens is 1. The number of imidazole rings is 1. The maximum Gasteiger partial charge on any atom is 0.142 e. The molecule has 0 aliphatic heterocycles. The molecule has 0 aliphatic rings. The maximum absolute atomic E-state index is 5.78. The molecule has 4 nitrogen and oxygen atoms in total. The Balaban J connectivity index is 2.45. The van der Waals surface area contributed by atoms with Gasteiger partial charge in [0.15, 0.2) is 0 Å². The minimum Gasteiger partial charge on any atom is -0.495 e. The van der Waals surface area contributed by atoms with Gasteiger partial charge in [-0.1, -0.05) is 6.92 Å². The molecule has 0 fully saturated rings. The topological polar surface area (TPSA) is 63.9 Å². The lowest BCUT2D eigenvalue weighted by Crippen LogP contribution is -1.93. The molecule has 1 heterocycles. The van der Waals surface area contributed by atoms with Gasteiger partial charge >= 0.3 is 0 Å². The molecule has 0 radical (unpaired) electrons. The fourth-order valence-electron chi connectivity index (χ4n) is 1.84. The first-order valence-corrected chi connectivity index (χ1v) is 5.65. The second-order valence-electron chi connectivity index (χ2n) is 3.97. The van der Waals surface area contributed by atoms with Crippen LogP contribution in [0, 0.1) is 6.92 Å². The van der Waals surface area contributed by atoms with E-state index in [1.165, 1.54) is 0 Å². The summed E-state index contributed by atoms with van der Waals surface area (Å²) >= 11 is 0. The Labute approximate surface area is 101 Å². The van der Waals surface area contributed by atoms with Crippen LogP contribution in [0.5, 0.6) is 5.75 Å². The summed E-state index contributed by atoms with van der Waals surface area (Å²) in [5.41, 5.74) is 9.61. The summed E-state index contributed by atoms with van der Waals surface area (Å²) in [6.07, 6.45) is 0.925. The van der Waals surface area contributed by atoms with Gasteiger partial charge in [0.25, 0.3) is 0 Å². The van der Waals surface area contributed by atoms with E-state index in [4.69, 9.17) is 10.5 Å². The zero-order valence-electron chi connectivity index (χ0n) is 10.4. The summed E-state index contributed by atoms with van der Waals surface area (Å²) in [6.45, 7) is 4.13. The molecule has 0 saturated heterocycles. The highest BCUT2D eigenvalue weighted by Gasteiger charge is 2.09. The Kier molecular flexibility index (Phi) is 3.04. The van der Waals surface area contributed by atoms with Gasteiger partial charge in [-0.2, -0.15) is 0 Å². The van der Waals surface area contributed by atoms with Crippen molar-refractivity contribution in [2.24, 2.45) is 0 Å². The highest BCUT2D eigenvalue weighted by molar-refractivity contribution is 5.65. The quantitative estimate of drug-likeness (QED) is 0.798. The molecule has 1 aromatic heterocycles. The fourth-order valence-corrected chi connectivity index (χ4v) is 1.84. The molecule has 4 heteroatoms. The van der Waals surface area contributed by atoms with Crippen molar-refractivity contribution < 1.29 is 4.74 Å². The minimum atomic E-state index is 0.634. The third-order valence-corrected chi connectivity index (χ3v) is 2.83. The van der Waals surface area contributed by atoms with Gasteiger partial charge in [-0.3, -0.25) is 0 Å². The highest BCUT2D eigenvalue weighted by atomic mass is 16.5. The predicted molar refractivity (Wildman–Crippen MR) is 69.1 cm³/mol. The van der Waals surface area contributed by atoms with E-state index < -0.39 is 0 Å². The Morgan fingerprint density at radius 2 is 2.18 bits per heavy atom. The van der Waals surface area contributed by atoms with Crippen molar-refractivity contribution in [1.29, 1.82) is 0 Å². The first-order valence-electron chi connectivity index (χ1n) is 5.65. The van der Waals surface area contributed by atoms with E-state index >= 15 is 0 Å². The van der Waals surface area contributed by atoms with E-state index in [9.17, 15) is 0 Å². The van der Waals surface area contributed by atoms with Crippen molar-refractivity contribution in [3.8, 4) is 17.1 Å². The second-order valence-corrected chi connectivity index (χ2v) is 3.97. The lowest BCUT2D eigenvalue weighted by atomic mass is 10.2. The molecule has 3 N–H and O–H groups in total. The van der Waals surface area contributed by atoms with Crippen molar-refractivity contribution in [2.45, 2.75) is 20.3 Å². The standard InChI is InChI=1S/C13H17N3O/c1-4-11-8(2)15-13(16-11)9-5-6-10(14)12(7-9)17-3/h5-7H,4,14H2,1-3H3,(H,15,16). The number of benzene rings is 1. The normalized spacial score (nSPS) is 10.5. The highest BCUT2D eigenvalue weighted by Crippen LogP contribution is 2.27. The number of hydrogen-bond acceptors (Lipinski definition) is 3. The van der Waals surface area contributed by atoms with Gasteiger partial charge in [-0.15, -0.1) is 0 Å². The lowest BCUT2D eigenvalue weighted by molar-refractivity contribution is 0.417. The van der Waals surface area contributed by atoms with Crippen molar-refractivity contribution in [1.82, 2.24) is 9.97 Å². The number of nitrogens with two attached hydrogens (primary N) is 1. The van der Waals surface area contributed by atoms with Gasteiger partial charge in [-0.25, -0.2) is 4.98 Å². The minimum absolute atomic E-state index is 0.634. The number of methoxy groups -OCH3 is 1. The molecule has 0 amide bonds. The van der Waals surface area contributed by atoms with Crippen LogP contribution in [0.1, 0.15) is 18.3 Å². The number of ether oxygens (including phenoxy) is 1. The van der Waals surface area contributed by atoms with Crippen LogP contribution in [-0.4, -0.2) is 17.1 Å². The van der Waals surface area contributed by atoms with Crippen LogP contribution in [0.15, 0.2) is 18.2 Å². The Hall–Kier alpha value is -1.97. The number of aryl methyl sites for hydroxylation is 2. The van der Waals surface area contributed by atoms with E-state index in [-0.39, 0.29) is 0 Å². The first-order chi connectivity index (χ1) is 8.15. The Morgan fingerprint density at radius 3 is 2.76 bits per heavy atom. The van der Waals surface area contributed by atoms with Gasteiger partial charge in [0.2, 0.25) is 0 Å². The molecule has 17 heavy (non-hydrogen) atoms. The molecule has 0 bridgehead atoms. The van der Waals surface area contributed by atoms with E-state index in [1.54, 1.807) is 7.11 Å². The monoisotopic (exact) mass is 231 g/mol. The number of aromatic nitrogens is 2. The van der Waals surface area contributed by atoms with Gasteiger partial charge in [-0.05, 0) is 31.5 Å².